The summed E-state index contributed by atoms with van der Waals surface area (Å²) in [5, 5.41) is 9.89. The van der Waals surface area contributed by atoms with Crippen LogP contribution in [0.25, 0.3) is 10.2 Å². The van der Waals surface area contributed by atoms with Gasteiger partial charge in [-0.05, 0) is 18.2 Å². The van der Waals surface area contributed by atoms with E-state index >= 15 is 0 Å². The molecule has 1 aliphatic rings. The van der Waals surface area contributed by atoms with Crippen LogP contribution in [0.3, 0.4) is 0 Å². The number of aryl methyl sites for hydroxylation is 1. The number of fused-ring (bicyclic) bond motifs is 1. The molecule has 1 aliphatic heterocycles. The molecule has 1 amide bonds. The number of morpholine rings is 1. The summed E-state index contributed by atoms with van der Waals surface area (Å²) in [4.78, 5) is 29.3. The number of hydrogen-bond donors (Lipinski definition) is 1. The Morgan fingerprint density at radius 3 is 3.09 bits per heavy atom. The van der Waals surface area contributed by atoms with Gasteiger partial charge in [0, 0.05) is 23.9 Å². The zero-order valence-electron chi connectivity index (χ0n) is 12.2. The Morgan fingerprint density at radius 2 is 2.30 bits per heavy atom. The first kappa shape index (κ1) is 16.4. The number of nitrogens with zero attached hydrogens (tertiary/aromatic N) is 2. The number of benzene rings is 1. The Bertz CT molecular complexity index is 748. The van der Waals surface area contributed by atoms with E-state index in [0.29, 0.717) is 19.4 Å². The average Bonchev–Trinajstić information content (AvgIpc) is 2.94. The molecule has 1 fully saturated rings. The summed E-state index contributed by atoms with van der Waals surface area (Å²) < 4.78 is 7.19. The van der Waals surface area contributed by atoms with E-state index in [1.165, 1.54) is 0 Å². The molecule has 1 aromatic heterocycles. The van der Waals surface area contributed by atoms with Crippen molar-refractivity contribution in [2.24, 2.45) is 0 Å². The zero-order valence-corrected chi connectivity index (χ0v) is 14.6. The van der Waals surface area contributed by atoms with E-state index in [1.807, 2.05) is 18.2 Å². The third kappa shape index (κ3) is 3.88. The zero-order chi connectivity index (χ0) is 16.4. The molecule has 1 saturated heterocycles. The highest BCUT2D eigenvalue weighted by atomic mass is 79.9. The molecular formula is C15H15BrN2O4S. The Morgan fingerprint density at radius 1 is 1.48 bits per heavy atom. The van der Waals surface area contributed by atoms with Crippen molar-refractivity contribution in [1.29, 1.82) is 0 Å². The standard InChI is InChI=1S/C15H15BrN2O4S/c16-9-1-2-12-10(7-9)17-13(23-12)3-4-14(19)18-5-6-22-11(8-18)15(20)21/h1-2,7,11H,3-6,8H2,(H,20,21)/t11-/m1/s1. The van der Waals surface area contributed by atoms with E-state index in [0.717, 1.165) is 19.7 Å². The van der Waals surface area contributed by atoms with Crippen LogP contribution < -0.4 is 0 Å². The van der Waals surface area contributed by atoms with Crippen molar-refractivity contribution >= 4 is 49.4 Å². The number of carbonyl (C=O) groups excluding carboxylic acids is 1. The fourth-order valence-corrected chi connectivity index (χ4v) is 3.75. The summed E-state index contributed by atoms with van der Waals surface area (Å²) >= 11 is 5.00. The van der Waals surface area contributed by atoms with Crippen molar-refractivity contribution in [3.63, 3.8) is 0 Å². The number of ether oxygens (including phenoxy) is 1. The predicted octanol–water partition coefficient (Wildman–Crippen LogP) is 2.30. The number of carbonyl (C=O) groups is 2. The van der Waals surface area contributed by atoms with Crippen molar-refractivity contribution in [3.8, 4) is 0 Å². The highest BCUT2D eigenvalue weighted by Gasteiger charge is 2.28. The molecule has 1 N–H and O–H groups in total. The maximum Gasteiger partial charge on any atom is 0.334 e. The van der Waals surface area contributed by atoms with Gasteiger partial charge in [0.1, 0.15) is 0 Å². The Hall–Kier alpha value is -1.51. The predicted molar refractivity (Wildman–Crippen MR) is 89.6 cm³/mol. The lowest BCUT2D eigenvalue weighted by Crippen LogP contribution is -2.48. The largest absolute Gasteiger partial charge is 0.479 e. The van der Waals surface area contributed by atoms with E-state index in [2.05, 4.69) is 20.9 Å². The quantitative estimate of drug-likeness (QED) is 0.854. The van der Waals surface area contributed by atoms with Gasteiger partial charge in [0.25, 0.3) is 0 Å². The van der Waals surface area contributed by atoms with Gasteiger partial charge in [-0.1, -0.05) is 15.9 Å². The van der Waals surface area contributed by atoms with Crippen molar-refractivity contribution in [2.45, 2.75) is 18.9 Å². The molecule has 23 heavy (non-hydrogen) atoms. The van der Waals surface area contributed by atoms with Crippen LogP contribution in [0.4, 0.5) is 0 Å². The molecule has 0 aliphatic carbocycles. The Labute approximate surface area is 145 Å². The van der Waals surface area contributed by atoms with Crippen LogP contribution in [0.1, 0.15) is 11.4 Å². The normalized spacial score (nSPS) is 18.3. The molecule has 122 valence electrons. The molecule has 0 bridgehead atoms. The second-order valence-corrected chi connectivity index (χ2v) is 7.29. The van der Waals surface area contributed by atoms with Gasteiger partial charge < -0.3 is 14.7 Å². The SMILES string of the molecule is O=C(O)[C@H]1CN(C(=O)CCc2nc3cc(Br)ccc3s2)CCO1. The number of carboxylic acids is 1. The molecule has 3 rings (SSSR count). The maximum absolute atomic E-state index is 12.3. The summed E-state index contributed by atoms with van der Waals surface area (Å²) in [6.45, 7) is 0.814. The van der Waals surface area contributed by atoms with Crippen molar-refractivity contribution in [2.75, 3.05) is 19.7 Å². The molecule has 0 spiro atoms. The second-order valence-electron chi connectivity index (χ2n) is 5.26. The van der Waals surface area contributed by atoms with Gasteiger partial charge in [-0.25, -0.2) is 9.78 Å². The van der Waals surface area contributed by atoms with Crippen LogP contribution in [0.2, 0.25) is 0 Å². The fraction of sp³-hybridized carbons (Fsp3) is 0.400. The number of amides is 1. The number of aliphatic carboxylic acids is 1. The monoisotopic (exact) mass is 398 g/mol. The number of halogens is 1. The summed E-state index contributed by atoms with van der Waals surface area (Å²) in [6.07, 6.45) is -0.0365. The summed E-state index contributed by atoms with van der Waals surface area (Å²) in [5.41, 5.74) is 0.920. The third-order valence-corrected chi connectivity index (χ3v) is 5.23. The van der Waals surface area contributed by atoms with Crippen LogP contribution in [-0.2, 0) is 20.7 Å². The molecule has 2 aromatic rings. The number of aromatic nitrogens is 1. The number of thiazole rings is 1. The first-order valence-corrected chi connectivity index (χ1v) is 8.81. The molecule has 8 heteroatoms. The van der Waals surface area contributed by atoms with Crippen LogP contribution in [0, 0.1) is 0 Å². The lowest BCUT2D eigenvalue weighted by Gasteiger charge is -2.30. The van der Waals surface area contributed by atoms with Crippen molar-refractivity contribution in [3.05, 3.63) is 27.7 Å². The first-order valence-electron chi connectivity index (χ1n) is 7.20. The highest BCUT2D eigenvalue weighted by Crippen LogP contribution is 2.26. The molecular weight excluding hydrogens is 384 g/mol. The molecule has 0 radical (unpaired) electrons. The van der Waals surface area contributed by atoms with Crippen LogP contribution >= 0.6 is 27.3 Å². The molecule has 6 nitrogen and oxygen atoms in total. The number of hydrogen-bond acceptors (Lipinski definition) is 5. The second kappa shape index (κ2) is 6.94. The number of carboxylic acid groups (broad SMARTS) is 1. The van der Waals surface area contributed by atoms with Crippen LogP contribution in [0.5, 0.6) is 0 Å². The van der Waals surface area contributed by atoms with E-state index in [4.69, 9.17) is 9.84 Å². The van der Waals surface area contributed by atoms with Gasteiger partial charge in [-0.3, -0.25) is 4.79 Å². The van der Waals surface area contributed by atoms with Gasteiger partial charge >= 0.3 is 5.97 Å². The molecule has 0 saturated carbocycles. The summed E-state index contributed by atoms with van der Waals surface area (Å²) in [7, 11) is 0. The van der Waals surface area contributed by atoms with Gasteiger partial charge in [0.05, 0.1) is 28.4 Å². The minimum absolute atomic E-state index is 0.0556. The van der Waals surface area contributed by atoms with Crippen molar-refractivity contribution < 1.29 is 19.4 Å². The lowest BCUT2D eigenvalue weighted by atomic mass is 10.2. The summed E-state index contributed by atoms with van der Waals surface area (Å²) in [6, 6.07) is 5.92. The van der Waals surface area contributed by atoms with Gasteiger partial charge in [-0.15, -0.1) is 11.3 Å². The van der Waals surface area contributed by atoms with Crippen LogP contribution in [-0.4, -0.2) is 52.7 Å². The Balaban J connectivity index is 1.60. The molecule has 1 atom stereocenters. The van der Waals surface area contributed by atoms with E-state index in [1.54, 1.807) is 16.2 Å². The van der Waals surface area contributed by atoms with Crippen molar-refractivity contribution in [1.82, 2.24) is 9.88 Å². The van der Waals surface area contributed by atoms with Gasteiger partial charge in [-0.2, -0.15) is 0 Å². The Kier molecular flexibility index (Phi) is 4.93. The highest BCUT2D eigenvalue weighted by molar-refractivity contribution is 9.10. The van der Waals surface area contributed by atoms with E-state index in [9.17, 15) is 9.59 Å². The topological polar surface area (TPSA) is 79.7 Å². The molecule has 1 aromatic carbocycles. The maximum atomic E-state index is 12.3. The summed E-state index contributed by atoms with van der Waals surface area (Å²) in [5.74, 6) is -1.08. The van der Waals surface area contributed by atoms with Gasteiger partial charge in [0.2, 0.25) is 5.91 Å². The average molecular weight is 399 g/mol. The minimum Gasteiger partial charge on any atom is -0.479 e. The van der Waals surface area contributed by atoms with Gasteiger partial charge in [0.15, 0.2) is 6.10 Å². The van der Waals surface area contributed by atoms with E-state index < -0.39 is 12.1 Å². The molecule has 2 heterocycles. The molecule has 0 unspecified atom stereocenters. The first-order chi connectivity index (χ1) is 11.0. The third-order valence-electron chi connectivity index (χ3n) is 3.64. The number of rotatable bonds is 4. The van der Waals surface area contributed by atoms with E-state index in [-0.39, 0.29) is 19.1 Å². The van der Waals surface area contributed by atoms with Crippen LogP contribution in [0.15, 0.2) is 22.7 Å². The lowest BCUT2D eigenvalue weighted by molar-refractivity contribution is -0.159. The minimum atomic E-state index is -1.03. The fourth-order valence-electron chi connectivity index (χ4n) is 2.45. The smallest absolute Gasteiger partial charge is 0.334 e.